The minimum atomic E-state index is -0.845. The van der Waals surface area contributed by atoms with Crippen LogP contribution in [-0.2, 0) is 16.9 Å². The van der Waals surface area contributed by atoms with Crippen LogP contribution in [0.5, 0.6) is 0 Å². The fraction of sp³-hybridized carbons (Fsp3) is 0.625. The van der Waals surface area contributed by atoms with Crippen molar-refractivity contribution in [3.8, 4) is 0 Å². The molecule has 3 fully saturated rings. The van der Waals surface area contributed by atoms with Crippen LogP contribution in [0.3, 0.4) is 0 Å². The Kier molecular flexibility index (Phi) is 8.31. The molecule has 1 aromatic rings. The first kappa shape index (κ1) is 27.3. The van der Waals surface area contributed by atoms with Gasteiger partial charge in [-0.25, -0.2) is 0 Å². The van der Waals surface area contributed by atoms with Crippen LogP contribution in [0.1, 0.15) is 83.8 Å². The monoisotopic (exact) mass is 494 g/mol. The molecule has 0 aliphatic heterocycles. The summed E-state index contributed by atoms with van der Waals surface area (Å²) in [6.45, 7) is 13.9. The van der Waals surface area contributed by atoms with Gasteiger partial charge in [-0.2, -0.15) is 0 Å². The van der Waals surface area contributed by atoms with E-state index in [-0.39, 0.29) is 5.41 Å². The van der Waals surface area contributed by atoms with Crippen molar-refractivity contribution < 1.29 is 20.1 Å². The molecule has 6 atom stereocenters. The molecule has 3 aliphatic rings. The van der Waals surface area contributed by atoms with Crippen LogP contribution in [0.25, 0.3) is 0 Å². The Bertz CT molecular complexity index is 1000. The Hall–Kier alpha value is -1.72. The molecule has 0 heterocycles. The van der Waals surface area contributed by atoms with Crippen molar-refractivity contribution in [2.75, 3.05) is 6.61 Å². The predicted octanol–water partition coefficient (Wildman–Crippen LogP) is 6.21. The smallest absolute Gasteiger partial charge is 0.0840 e. The second kappa shape index (κ2) is 10.9. The van der Waals surface area contributed by atoms with E-state index < -0.39 is 17.8 Å². The Morgan fingerprint density at radius 3 is 2.75 bits per heavy atom. The van der Waals surface area contributed by atoms with Gasteiger partial charge in [0.25, 0.3) is 0 Å². The van der Waals surface area contributed by atoms with Gasteiger partial charge in [-0.15, -0.1) is 0 Å². The van der Waals surface area contributed by atoms with Crippen LogP contribution in [-0.4, -0.2) is 34.1 Å². The maximum absolute atomic E-state index is 10.3. The highest BCUT2D eigenvalue weighted by Gasteiger charge is 2.50. The SMILES string of the molecule is C=C1C(=C/C=C2\CCC[C@]3(C)[C@@H]([C@@H](C)COCc4cccc(C(C)(C)O)c4)CC[C@@H]23)C[C@@H](O)C[C@@H]1O. The number of ether oxygens (including phenoxy) is 1. The largest absolute Gasteiger partial charge is 0.393 e. The van der Waals surface area contributed by atoms with Crippen LogP contribution >= 0.6 is 0 Å². The highest BCUT2D eigenvalue weighted by Crippen LogP contribution is 2.59. The van der Waals surface area contributed by atoms with E-state index in [0.717, 1.165) is 35.3 Å². The molecule has 3 N–H and O–H groups in total. The van der Waals surface area contributed by atoms with E-state index in [1.54, 1.807) is 0 Å². The van der Waals surface area contributed by atoms with Gasteiger partial charge in [0.2, 0.25) is 0 Å². The molecule has 0 radical (unpaired) electrons. The molecule has 0 spiro atoms. The molecule has 3 aliphatic carbocycles. The van der Waals surface area contributed by atoms with E-state index in [4.69, 9.17) is 4.74 Å². The first-order valence-electron chi connectivity index (χ1n) is 13.8. The summed E-state index contributed by atoms with van der Waals surface area (Å²) in [5.41, 5.74) is 4.74. The van der Waals surface area contributed by atoms with Crippen LogP contribution in [0.2, 0.25) is 0 Å². The van der Waals surface area contributed by atoms with Crippen LogP contribution in [0, 0.1) is 23.2 Å². The Balaban J connectivity index is 1.39. The van der Waals surface area contributed by atoms with Gasteiger partial charge in [0.05, 0.1) is 24.4 Å². The molecule has 0 saturated heterocycles. The molecule has 0 unspecified atom stereocenters. The van der Waals surface area contributed by atoms with Crippen molar-refractivity contribution in [3.05, 3.63) is 70.8 Å². The van der Waals surface area contributed by atoms with Gasteiger partial charge in [0, 0.05) is 13.0 Å². The molecule has 0 amide bonds. The van der Waals surface area contributed by atoms with Crippen LogP contribution < -0.4 is 0 Å². The van der Waals surface area contributed by atoms with E-state index in [9.17, 15) is 15.3 Å². The molecule has 4 heteroatoms. The minimum absolute atomic E-state index is 0.287. The average molecular weight is 495 g/mol. The van der Waals surface area contributed by atoms with Gasteiger partial charge in [-0.3, -0.25) is 0 Å². The van der Waals surface area contributed by atoms with Crippen molar-refractivity contribution in [1.29, 1.82) is 0 Å². The molecule has 0 bridgehead atoms. The summed E-state index contributed by atoms with van der Waals surface area (Å²) in [4.78, 5) is 0. The van der Waals surface area contributed by atoms with Crippen molar-refractivity contribution in [1.82, 2.24) is 0 Å². The van der Waals surface area contributed by atoms with Crippen molar-refractivity contribution >= 4 is 0 Å². The lowest BCUT2D eigenvalue weighted by atomic mass is 9.61. The van der Waals surface area contributed by atoms with Crippen LogP contribution in [0.4, 0.5) is 0 Å². The van der Waals surface area contributed by atoms with E-state index in [2.05, 4.69) is 38.6 Å². The van der Waals surface area contributed by atoms with Crippen LogP contribution in [0.15, 0.2) is 59.7 Å². The number of allylic oxidation sites excluding steroid dienone is 3. The topological polar surface area (TPSA) is 69.9 Å². The third-order valence-corrected chi connectivity index (χ3v) is 9.27. The number of benzene rings is 1. The summed E-state index contributed by atoms with van der Waals surface area (Å²) in [5.74, 6) is 1.71. The Labute approximate surface area is 217 Å². The van der Waals surface area contributed by atoms with E-state index >= 15 is 0 Å². The summed E-state index contributed by atoms with van der Waals surface area (Å²) in [7, 11) is 0. The standard InChI is InChI=1S/C32H46O4/c1-21(19-36-20-23-8-6-10-26(16-23)31(3,4)35)28-13-14-29-24(9-7-15-32(28,29)5)11-12-25-17-27(33)18-30(34)22(25)2/h6,8,10-12,16,21,27-30,33-35H,2,7,9,13-15,17-20H2,1,3-5H3/b24-11+,25-12?/t21-,27+,28+,29-,30-,32+/m0/s1. The third-order valence-electron chi connectivity index (χ3n) is 9.27. The quantitative estimate of drug-likeness (QED) is 0.422. The number of fused-ring (bicyclic) bond motifs is 1. The molecular formula is C32H46O4. The van der Waals surface area contributed by atoms with Gasteiger partial charge in [0.1, 0.15) is 0 Å². The zero-order valence-corrected chi connectivity index (χ0v) is 22.7. The van der Waals surface area contributed by atoms with E-state index in [0.29, 0.717) is 37.2 Å². The van der Waals surface area contributed by atoms with Gasteiger partial charge in [-0.1, -0.05) is 62.4 Å². The number of hydrogen-bond acceptors (Lipinski definition) is 4. The predicted molar refractivity (Wildman–Crippen MR) is 145 cm³/mol. The molecule has 4 rings (SSSR count). The fourth-order valence-electron chi connectivity index (χ4n) is 7.20. The Morgan fingerprint density at radius 1 is 1.22 bits per heavy atom. The second-order valence-electron chi connectivity index (χ2n) is 12.4. The average Bonchev–Trinajstić information content (AvgIpc) is 3.17. The van der Waals surface area contributed by atoms with E-state index in [1.165, 1.54) is 31.3 Å². The van der Waals surface area contributed by atoms with Gasteiger partial charge < -0.3 is 20.1 Å². The summed E-state index contributed by atoms with van der Waals surface area (Å²) in [5, 5.41) is 30.6. The number of rotatable bonds is 7. The maximum atomic E-state index is 10.3. The highest BCUT2D eigenvalue weighted by molar-refractivity contribution is 5.38. The third kappa shape index (κ3) is 5.88. The summed E-state index contributed by atoms with van der Waals surface area (Å²) in [6, 6.07) is 8.07. The zero-order chi connectivity index (χ0) is 26.1. The summed E-state index contributed by atoms with van der Waals surface area (Å²) < 4.78 is 6.21. The normalized spacial score (nSPS) is 34.2. The molecule has 4 nitrogen and oxygen atoms in total. The van der Waals surface area contributed by atoms with Gasteiger partial charge in [-0.05, 0) is 97.8 Å². The lowest BCUT2D eigenvalue weighted by molar-refractivity contribution is 0.0275. The molecule has 36 heavy (non-hydrogen) atoms. The maximum Gasteiger partial charge on any atom is 0.0840 e. The first-order valence-corrected chi connectivity index (χ1v) is 13.8. The number of aliphatic hydroxyl groups is 3. The Morgan fingerprint density at radius 2 is 2.00 bits per heavy atom. The van der Waals surface area contributed by atoms with Gasteiger partial charge >= 0.3 is 0 Å². The molecular weight excluding hydrogens is 448 g/mol. The lowest BCUT2D eigenvalue weighted by Crippen LogP contribution is -2.37. The second-order valence-corrected chi connectivity index (χ2v) is 12.4. The molecule has 198 valence electrons. The zero-order valence-electron chi connectivity index (χ0n) is 22.7. The number of hydrogen-bond donors (Lipinski definition) is 3. The van der Waals surface area contributed by atoms with E-state index in [1.807, 2.05) is 32.0 Å². The van der Waals surface area contributed by atoms with Gasteiger partial charge in [0.15, 0.2) is 0 Å². The molecule has 3 saturated carbocycles. The lowest BCUT2D eigenvalue weighted by Gasteiger charge is -2.44. The highest BCUT2D eigenvalue weighted by atomic mass is 16.5. The van der Waals surface area contributed by atoms with Crippen molar-refractivity contribution in [2.24, 2.45) is 23.2 Å². The minimum Gasteiger partial charge on any atom is -0.393 e. The number of aliphatic hydroxyl groups excluding tert-OH is 2. The first-order chi connectivity index (χ1) is 17.0. The fourth-order valence-corrected chi connectivity index (χ4v) is 7.20. The molecule has 0 aromatic heterocycles. The summed E-state index contributed by atoms with van der Waals surface area (Å²) in [6.07, 6.45) is 10.3. The van der Waals surface area contributed by atoms with Crippen molar-refractivity contribution in [3.63, 3.8) is 0 Å². The summed E-state index contributed by atoms with van der Waals surface area (Å²) >= 11 is 0. The van der Waals surface area contributed by atoms with Crippen molar-refractivity contribution in [2.45, 2.75) is 97.1 Å². The molecule has 1 aromatic carbocycles.